The van der Waals surface area contributed by atoms with Crippen molar-refractivity contribution >= 4 is 27.9 Å². The Morgan fingerprint density at radius 2 is 1.54 bits per heavy atom. The van der Waals surface area contributed by atoms with E-state index in [2.05, 4.69) is 43.1 Å². The number of hydrogen-bond donors (Lipinski definition) is 1. The van der Waals surface area contributed by atoms with E-state index < -0.39 is 12.4 Å². The van der Waals surface area contributed by atoms with Crippen LogP contribution < -0.4 is 0 Å². The molecule has 1 radical (unpaired) electrons. The zero-order valence-corrected chi connectivity index (χ0v) is 32.3. The predicted molar refractivity (Wildman–Crippen MR) is 196 cm³/mol. The topological polar surface area (TPSA) is 72.9 Å². The number of rotatable bonds is 10. The maximum Gasteiger partial charge on any atom is 0.188 e. The summed E-state index contributed by atoms with van der Waals surface area (Å²) in [5.74, 6) is 1.53. The minimum Gasteiger partial charge on any atom is -0.512 e. The average Bonchev–Trinajstić information content (AvgIpc) is 3.63. The number of nitrogens with zero attached hydrogens (tertiary/aromatic N) is 4. The smallest absolute Gasteiger partial charge is 0.188 e. The van der Waals surface area contributed by atoms with Gasteiger partial charge >= 0.3 is 0 Å². The zero-order valence-electron chi connectivity index (χ0n) is 32.9. The number of ketones is 1. The van der Waals surface area contributed by atoms with E-state index in [9.17, 15) is 9.90 Å². The van der Waals surface area contributed by atoms with Crippen LogP contribution in [0.3, 0.4) is 0 Å². The third kappa shape index (κ3) is 8.18. The molecule has 0 amide bonds. The monoisotopic (exact) mass is 829 g/mol. The van der Waals surface area contributed by atoms with Crippen LogP contribution in [0.2, 0.25) is 0 Å². The summed E-state index contributed by atoms with van der Waals surface area (Å²) < 4.78 is 28.3. The van der Waals surface area contributed by atoms with Gasteiger partial charge in [-0.05, 0) is 65.4 Å². The van der Waals surface area contributed by atoms with Crippen molar-refractivity contribution in [2.24, 2.45) is 11.8 Å². The number of aliphatic hydroxyl groups excluding tert-OH is 1. The number of benzene rings is 3. The van der Waals surface area contributed by atoms with Crippen molar-refractivity contribution < 1.29 is 34.1 Å². The van der Waals surface area contributed by atoms with E-state index in [1.54, 1.807) is 0 Å². The number of fused-ring (bicyclic) bond motifs is 2. The second-order valence-corrected chi connectivity index (χ2v) is 13.5. The number of allylic oxidation sites excluding steroid dienone is 2. The van der Waals surface area contributed by atoms with Crippen molar-refractivity contribution in [2.45, 2.75) is 106 Å². The molecule has 1 N–H and O–H groups in total. The van der Waals surface area contributed by atoms with Gasteiger partial charge in [0.05, 0.1) is 11.6 Å². The van der Waals surface area contributed by atoms with Crippen molar-refractivity contribution in [1.29, 1.82) is 0 Å². The van der Waals surface area contributed by atoms with Gasteiger partial charge < -0.3 is 14.2 Å². The summed E-state index contributed by atoms with van der Waals surface area (Å²) in [5.41, 5.74) is 3.50. The Morgan fingerprint density at radius 1 is 0.938 bits per heavy atom. The first-order valence-electron chi connectivity index (χ1n) is 18.5. The summed E-state index contributed by atoms with van der Waals surface area (Å²) in [4.78, 5) is 21.3. The molecule has 0 unspecified atom stereocenters. The van der Waals surface area contributed by atoms with Crippen LogP contribution in [0, 0.1) is 24.8 Å². The fourth-order valence-corrected chi connectivity index (χ4v) is 6.35. The van der Waals surface area contributed by atoms with Gasteiger partial charge in [-0.3, -0.25) is 9.78 Å². The van der Waals surface area contributed by atoms with Crippen LogP contribution >= 0.6 is 0 Å². The van der Waals surface area contributed by atoms with E-state index in [4.69, 9.17) is 9.10 Å². The first kappa shape index (κ1) is 34.3. The second kappa shape index (κ2) is 16.7. The molecule has 0 aliphatic rings. The first-order valence-corrected chi connectivity index (χ1v) is 17.0. The van der Waals surface area contributed by atoms with Crippen molar-refractivity contribution in [2.75, 3.05) is 0 Å². The number of carbonyl (C=O) groups excluding carboxylic acids is 1. The molecule has 3 aromatic carbocycles. The third-order valence-corrected chi connectivity index (χ3v) is 8.93. The van der Waals surface area contributed by atoms with Crippen LogP contribution in [-0.4, -0.2) is 30.0 Å². The summed E-state index contributed by atoms with van der Waals surface area (Å²) in [6, 6.07) is 23.8. The molecule has 259 valence electrons. The molecule has 0 saturated carbocycles. The standard InChI is InChI=1S/C28H29N4.C13H24O2.Ir/c1-18(2)24-22-15-11-10-12-20(22)16-17-23(24)26-30-25-27(31(26)21-13-8-7-9-14-21)32(19(3)29-25)28(4,5)6;1-5-10(6-2)12(14)9-13(15)11(7-3)8-4;/h7-16,18H,1-6H3;9-11,14H,5-8H2,1-4H3;/q-1;;/b;12-9-;/i3D3;;. The van der Waals surface area contributed by atoms with Crippen LogP contribution in [-0.2, 0) is 30.4 Å². The summed E-state index contributed by atoms with van der Waals surface area (Å²) in [6.45, 7) is 16.0. The van der Waals surface area contributed by atoms with Crippen LogP contribution in [0.1, 0.15) is 109 Å². The fourth-order valence-electron chi connectivity index (χ4n) is 6.35. The largest absolute Gasteiger partial charge is 0.512 e. The molecular weight excluding hydrogens is 773 g/mol. The molecule has 0 aliphatic carbocycles. The number of aryl methyl sites for hydroxylation is 1. The van der Waals surface area contributed by atoms with E-state index in [1.165, 1.54) is 11.5 Å². The Morgan fingerprint density at radius 3 is 2.10 bits per heavy atom. The summed E-state index contributed by atoms with van der Waals surface area (Å²) >= 11 is 0. The SMILES string of the molecule is CCC(CC)C(=O)/C=C(\O)C(CC)CC.[2H]C([2H])([2H])c1nc2nc(-c3[c-]cc4ccccc4c3C(C)C)n(-c3ccccc3)c2n1C(C)(C)C.[Ir]. The van der Waals surface area contributed by atoms with Gasteiger partial charge in [-0.2, -0.15) is 0 Å². The Kier molecular flexibility index (Phi) is 12.0. The van der Waals surface area contributed by atoms with E-state index in [-0.39, 0.29) is 55.2 Å². The normalized spacial score (nSPS) is 13.3. The van der Waals surface area contributed by atoms with E-state index in [0.717, 1.165) is 47.9 Å². The zero-order chi connectivity index (χ0) is 37.0. The van der Waals surface area contributed by atoms with E-state index >= 15 is 0 Å². The molecule has 0 atom stereocenters. The van der Waals surface area contributed by atoms with Crippen LogP contribution in [0.4, 0.5) is 0 Å². The minimum absolute atomic E-state index is 0. The molecule has 0 fully saturated rings. The maximum atomic E-state index is 11.7. The van der Waals surface area contributed by atoms with Gasteiger partial charge in [0, 0.05) is 53.4 Å². The van der Waals surface area contributed by atoms with Crippen LogP contribution in [0.15, 0.2) is 72.5 Å². The number of para-hydroxylation sites is 1. The predicted octanol–water partition coefficient (Wildman–Crippen LogP) is 10.9. The molecule has 2 aromatic heterocycles. The molecule has 5 rings (SSSR count). The van der Waals surface area contributed by atoms with Crippen LogP contribution in [0.25, 0.3) is 39.1 Å². The summed E-state index contributed by atoms with van der Waals surface area (Å²) in [5, 5.41) is 12.1. The number of aliphatic hydroxyl groups is 1. The van der Waals surface area contributed by atoms with Crippen molar-refractivity contribution in [1.82, 2.24) is 19.1 Å². The second-order valence-electron chi connectivity index (χ2n) is 13.5. The molecule has 7 heteroatoms. The molecular formula is C41H53IrN4O2-. The van der Waals surface area contributed by atoms with Gasteiger partial charge in [-0.25, -0.2) is 4.98 Å². The number of carbonyl (C=O) groups is 1. The van der Waals surface area contributed by atoms with Gasteiger partial charge in [0.1, 0.15) is 5.82 Å². The number of hydrogen-bond acceptors (Lipinski definition) is 4. The Hall–Kier alpha value is -3.54. The quantitative estimate of drug-likeness (QED) is 0.0865. The summed E-state index contributed by atoms with van der Waals surface area (Å²) in [6.07, 6.45) is 4.91. The van der Waals surface area contributed by atoms with Gasteiger partial charge in [-0.1, -0.05) is 101 Å². The number of imidazole rings is 2. The fraction of sp³-hybridized carbons (Fsp3) is 0.439. The molecule has 0 bridgehead atoms. The summed E-state index contributed by atoms with van der Waals surface area (Å²) in [7, 11) is 0. The Balaban J connectivity index is 0.000000374. The Labute approximate surface area is 305 Å². The molecule has 48 heavy (non-hydrogen) atoms. The van der Waals surface area contributed by atoms with E-state index in [1.807, 2.05) is 100 Å². The molecule has 0 spiro atoms. The van der Waals surface area contributed by atoms with E-state index in [0.29, 0.717) is 17.1 Å². The number of aromatic nitrogens is 4. The van der Waals surface area contributed by atoms with Gasteiger partial charge in [0.2, 0.25) is 0 Å². The maximum absolute atomic E-state index is 11.7. The van der Waals surface area contributed by atoms with Gasteiger partial charge in [-0.15, -0.1) is 23.3 Å². The average molecular weight is 829 g/mol. The third-order valence-electron chi connectivity index (χ3n) is 8.93. The van der Waals surface area contributed by atoms with Crippen LogP contribution in [0.5, 0.6) is 0 Å². The molecule has 2 heterocycles. The van der Waals surface area contributed by atoms with Gasteiger partial charge in [0.25, 0.3) is 0 Å². The first-order chi connectivity index (χ1) is 23.6. The minimum atomic E-state index is -2.37. The molecule has 5 aromatic rings. The van der Waals surface area contributed by atoms with Crippen molar-refractivity contribution in [3.8, 4) is 17.1 Å². The molecule has 6 nitrogen and oxygen atoms in total. The molecule has 0 saturated heterocycles. The van der Waals surface area contributed by atoms with Gasteiger partial charge in [0.15, 0.2) is 17.1 Å². The Bertz CT molecular complexity index is 1950. The van der Waals surface area contributed by atoms with Crippen molar-refractivity contribution in [3.63, 3.8) is 0 Å². The molecule has 0 aliphatic heterocycles. The van der Waals surface area contributed by atoms with Crippen molar-refractivity contribution in [3.05, 3.63) is 90.0 Å².